The molecule has 132 valence electrons. The highest BCUT2D eigenvalue weighted by Gasteiger charge is 2.12. The minimum absolute atomic E-state index is 0.763. The first kappa shape index (κ1) is 18.2. The van der Waals surface area contributed by atoms with Crippen molar-refractivity contribution in [3.05, 3.63) is 102 Å². The van der Waals surface area contributed by atoms with Crippen LogP contribution in [0.4, 0.5) is 5.69 Å². The van der Waals surface area contributed by atoms with Gasteiger partial charge in [0.2, 0.25) is 0 Å². The molecule has 3 aromatic carbocycles. The predicted molar refractivity (Wildman–Crippen MR) is 114 cm³/mol. The molecule has 0 unspecified atom stereocenters. The predicted octanol–water partition coefficient (Wildman–Crippen LogP) is 5.44. The second kappa shape index (κ2) is 9.16. The van der Waals surface area contributed by atoms with Crippen molar-refractivity contribution < 1.29 is 0 Å². The lowest BCUT2D eigenvalue weighted by atomic mass is 10.1. The van der Waals surface area contributed by atoms with E-state index in [9.17, 15) is 0 Å². The molecule has 3 rings (SSSR count). The number of hydrogen-bond donors (Lipinski definition) is 1. The Kier molecular flexibility index (Phi) is 6.39. The molecule has 2 nitrogen and oxygen atoms in total. The highest BCUT2D eigenvalue weighted by atomic mass is 32.1. The van der Waals surface area contributed by atoms with E-state index in [-0.39, 0.29) is 0 Å². The summed E-state index contributed by atoms with van der Waals surface area (Å²) in [5.74, 6) is 0. The van der Waals surface area contributed by atoms with Crippen LogP contribution in [-0.2, 0) is 13.0 Å². The average molecular weight is 361 g/mol. The van der Waals surface area contributed by atoms with Gasteiger partial charge in [0.25, 0.3) is 0 Å². The van der Waals surface area contributed by atoms with Crippen molar-refractivity contribution in [2.24, 2.45) is 0 Å². The number of rotatable bonds is 6. The summed E-state index contributed by atoms with van der Waals surface area (Å²) in [6, 6.07) is 29.3. The maximum atomic E-state index is 5.75. The van der Waals surface area contributed by atoms with Crippen LogP contribution < -0.4 is 5.32 Å². The van der Waals surface area contributed by atoms with Crippen molar-refractivity contribution >= 4 is 23.0 Å². The summed E-state index contributed by atoms with van der Waals surface area (Å²) in [6.07, 6.45) is 0.962. The van der Waals surface area contributed by atoms with Crippen molar-refractivity contribution in [1.29, 1.82) is 0 Å². The molecule has 0 amide bonds. The van der Waals surface area contributed by atoms with Crippen LogP contribution >= 0.6 is 12.2 Å². The minimum atomic E-state index is 0.763. The molecule has 0 spiro atoms. The summed E-state index contributed by atoms with van der Waals surface area (Å²) < 4.78 is 0. The fourth-order valence-electron chi connectivity index (χ4n) is 2.87. The van der Waals surface area contributed by atoms with E-state index in [0.29, 0.717) is 0 Å². The largest absolute Gasteiger partial charge is 0.344 e. The Balaban J connectivity index is 1.73. The molecule has 26 heavy (non-hydrogen) atoms. The first-order valence-corrected chi connectivity index (χ1v) is 9.32. The van der Waals surface area contributed by atoms with E-state index in [1.54, 1.807) is 0 Å². The standard InChI is InChI=1S/C23H24N2S/c1-19-10-8-9-15-22(19)24-23(26)25(18-21-13-6-3-7-14-21)17-16-20-11-4-2-5-12-20/h2-15H,16-18H2,1H3,(H,24,26). The molecular weight excluding hydrogens is 336 g/mol. The summed E-state index contributed by atoms with van der Waals surface area (Å²) in [5.41, 5.74) is 4.84. The summed E-state index contributed by atoms with van der Waals surface area (Å²) in [5, 5.41) is 4.19. The molecule has 0 aromatic heterocycles. The molecule has 1 N–H and O–H groups in total. The Morgan fingerprint density at radius 3 is 2.04 bits per heavy atom. The highest BCUT2D eigenvalue weighted by Crippen LogP contribution is 2.15. The van der Waals surface area contributed by atoms with Crippen LogP contribution in [0.1, 0.15) is 16.7 Å². The number of nitrogens with zero attached hydrogens (tertiary/aromatic N) is 1. The van der Waals surface area contributed by atoms with E-state index < -0.39 is 0 Å². The number of anilines is 1. The molecular formula is C23H24N2S. The van der Waals surface area contributed by atoms with Crippen LogP contribution in [0.15, 0.2) is 84.9 Å². The van der Waals surface area contributed by atoms with Crippen molar-refractivity contribution in [3.63, 3.8) is 0 Å². The Morgan fingerprint density at radius 2 is 1.38 bits per heavy atom. The fourth-order valence-corrected chi connectivity index (χ4v) is 3.14. The molecule has 0 saturated heterocycles. The van der Waals surface area contributed by atoms with Gasteiger partial charge in [-0.25, -0.2) is 0 Å². The van der Waals surface area contributed by atoms with Crippen molar-refractivity contribution in [2.45, 2.75) is 19.9 Å². The van der Waals surface area contributed by atoms with Gasteiger partial charge in [-0.3, -0.25) is 0 Å². The molecule has 0 aliphatic carbocycles. The Labute approximate surface area is 161 Å². The van der Waals surface area contributed by atoms with Crippen LogP contribution in [0.3, 0.4) is 0 Å². The third kappa shape index (κ3) is 5.17. The SMILES string of the molecule is Cc1ccccc1NC(=S)N(CCc1ccccc1)Cc1ccccc1. The molecule has 0 bridgehead atoms. The van der Waals surface area contributed by atoms with Gasteiger partial charge in [-0.2, -0.15) is 0 Å². The zero-order chi connectivity index (χ0) is 18.2. The van der Waals surface area contributed by atoms with Gasteiger partial charge < -0.3 is 10.2 Å². The van der Waals surface area contributed by atoms with Gasteiger partial charge in [-0.1, -0.05) is 78.9 Å². The second-order valence-corrected chi connectivity index (χ2v) is 6.77. The van der Waals surface area contributed by atoms with Crippen LogP contribution in [-0.4, -0.2) is 16.6 Å². The van der Waals surface area contributed by atoms with Crippen LogP contribution in [0.25, 0.3) is 0 Å². The summed E-state index contributed by atoms with van der Waals surface area (Å²) >= 11 is 5.75. The molecule has 0 aliphatic rings. The summed E-state index contributed by atoms with van der Waals surface area (Å²) in [6.45, 7) is 3.76. The first-order chi connectivity index (χ1) is 12.7. The fraction of sp³-hybridized carbons (Fsp3) is 0.174. The van der Waals surface area contributed by atoms with Gasteiger partial charge in [-0.05, 0) is 48.3 Å². The maximum absolute atomic E-state index is 5.75. The number of hydrogen-bond acceptors (Lipinski definition) is 1. The lowest BCUT2D eigenvalue weighted by molar-refractivity contribution is 0.423. The van der Waals surface area contributed by atoms with Crippen LogP contribution in [0.5, 0.6) is 0 Å². The smallest absolute Gasteiger partial charge is 0.173 e. The maximum Gasteiger partial charge on any atom is 0.173 e. The van der Waals surface area contributed by atoms with E-state index in [0.717, 1.165) is 30.3 Å². The number of benzene rings is 3. The average Bonchev–Trinajstić information content (AvgIpc) is 2.68. The van der Waals surface area contributed by atoms with Gasteiger partial charge in [-0.15, -0.1) is 0 Å². The van der Waals surface area contributed by atoms with Crippen LogP contribution in [0.2, 0.25) is 0 Å². The minimum Gasteiger partial charge on any atom is -0.344 e. The monoisotopic (exact) mass is 360 g/mol. The van der Waals surface area contributed by atoms with E-state index in [1.807, 2.05) is 18.2 Å². The zero-order valence-electron chi connectivity index (χ0n) is 15.1. The van der Waals surface area contributed by atoms with E-state index >= 15 is 0 Å². The van der Waals surface area contributed by atoms with Gasteiger partial charge in [0.1, 0.15) is 0 Å². The number of para-hydroxylation sites is 1. The van der Waals surface area contributed by atoms with Gasteiger partial charge in [0.15, 0.2) is 5.11 Å². The van der Waals surface area contributed by atoms with Crippen molar-refractivity contribution in [3.8, 4) is 0 Å². The van der Waals surface area contributed by atoms with Gasteiger partial charge >= 0.3 is 0 Å². The molecule has 3 heteroatoms. The molecule has 0 heterocycles. The van der Waals surface area contributed by atoms with Gasteiger partial charge in [0.05, 0.1) is 0 Å². The second-order valence-electron chi connectivity index (χ2n) is 6.39. The van der Waals surface area contributed by atoms with E-state index in [2.05, 4.69) is 83.9 Å². The first-order valence-electron chi connectivity index (χ1n) is 8.92. The summed E-state index contributed by atoms with van der Waals surface area (Å²) in [7, 11) is 0. The summed E-state index contributed by atoms with van der Waals surface area (Å²) in [4.78, 5) is 2.24. The third-order valence-electron chi connectivity index (χ3n) is 4.40. The Morgan fingerprint density at radius 1 is 0.808 bits per heavy atom. The van der Waals surface area contributed by atoms with Crippen molar-refractivity contribution in [1.82, 2.24) is 4.90 Å². The normalized spacial score (nSPS) is 10.3. The third-order valence-corrected chi connectivity index (χ3v) is 4.76. The highest BCUT2D eigenvalue weighted by molar-refractivity contribution is 7.80. The Hall–Kier alpha value is -2.65. The molecule has 0 fully saturated rings. The van der Waals surface area contributed by atoms with E-state index in [4.69, 9.17) is 12.2 Å². The Bertz CT molecular complexity index is 831. The molecule has 3 aromatic rings. The van der Waals surface area contributed by atoms with Crippen LogP contribution in [0, 0.1) is 6.92 Å². The topological polar surface area (TPSA) is 15.3 Å². The molecule has 0 atom stereocenters. The molecule has 0 aliphatic heterocycles. The van der Waals surface area contributed by atoms with Crippen molar-refractivity contribution in [2.75, 3.05) is 11.9 Å². The molecule has 0 radical (unpaired) electrons. The number of thiocarbonyl (C=S) groups is 1. The lowest BCUT2D eigenvalue weighted by Gasteiger charge is -2.26. The molecule has 0 saturated carbocycles. The van der Waals surface area contributed by atoms with E-state index in [1.165, 1.54) is 16.7 Å². The lowest BCUT2D eigenvalue weighted by Crippen LogP contribution is -2.36. The number of nitrogens with one attached hydrogen (secondary N) is 1. The number of aryl methyl sites for hydroxylation is 1. The zero-order valence-corrected chi connectivity index (χ0v) is 15.9. The quantitative estimate of drug-likeness (QED) is 0.590. The van der Waals surface area contributed by atoms with Gasteiger partial charge in [0, 0.05) is 18.8 Å².